The largest absolute Gasteiger partial charge is 0.491 e. The van der Waals surface area contributed by atoms with Crippen LogP contribution in [-0.4, -0.2) is 12.0 Å². The number of primary amides is 1. The van der Waals surface area contributed by atoms with Crippen molar-refractivity contribution in [3.8, 4) is 5.75 Å². The lowest BCUT2D eigenvalue weighted by molar-refractivity contribution is -0.150. The summed E-state index contributed by atoms with van der Waals surface area (Å²) in [7, 11) is 0. The average molecular weight is 297 g/mol. The Morgan fingerprint density at radius 1 is 1.15 bits per heavy atom. The molecule has 0 heterocycles. The molecule has 0 atom stereocenters. The molecule has 0 aromatic heterocycles. The summed E-state index contributed by atoms with van der Waals surface area (Å²) < 4.78 is 70.4. The molecule has 20 heavy (non-hydrogen) atoms. The summed E-state index contributed by atoms with van der Waals surface area (Å²) in [6.45, 7) is 3.14. The minimum atomic E-state index is -5.06. The highest BCUT2D eigenvalue weighted by Gasteiger charge is 2.46. The van der Waals surface area contributed by atoms with E-state index in [0.717, 1.165) is 6.07 Å². The van der Waals surface area contributed by atoms with Crippen LogP contribution < -0.4 is 10.5 Å². The Kier molecular flexibility index (Phi) is 4.26. The van der Waals surface area contributed by atoms with Crippen LogP contribution in [0.3, 0.4) is 0 Å². The highest BCUT2D eigenvalue weighted by atomic mass is 19.4. The molecular formula is C12H12F5NO2. The molecule has 0 saturated carbocycles. The number of alkyl halides is 5. The third-order valence-electron chi connectivity index (χ3n) is 2.32. The van der Waals surface area contributed by atoms with Gasteiger partial charge < -0.3 is 10.5 Å². The molecule has 0 bridgehead atoms. The molecule has 1 aromatic rings. The van der Waals surface area contributed by atoms with Crippen LogP contribution >= 0.6 is 0 Å². The molecule has 8 heteroatoms. The van der Waals surface area contributed by atoms with Crippen molar-refractivity contribution >= 4 is 5.91 Å². The molecular weight excluding hydrogens is 285 g/mol. The van der Waals surface area contributed by atoms with E-state index in [1.165, 1.54) is 0 Å². The number of carbonyl (C=O) groups is 1. The van der Waals surface area contributed by atoms with E-state index in [4.69, 9.17) is 4.74 Å². The van der Waals surface area contributed by atoms with Gasteiger partial charge in [0.05, 0.1) is 11.7 Å². The lowest BCUT2D eigenvalue weighted by Gasteiger charge is -2.20. The molecule has 1 rings (SSSR count). The molecule has 0 saturated heterocycles. The summed E-state index contributed by atoms with van der Waals surface area (Å²) in [5, 5.41) is 0. The third-order valence-corrected chi connectivity index (χ3v) is 2.32. The van der Waals surface area contributed by atoms with E-state index < -0.39 is 35.2 Å². The number of hydrogen-bond donors (Lipinski definition) is 1. The molecule has 1 aromatic carbocycles. The Bertz CT molecular complexity index is 511. The Labute approximate surface area is 111 Å². The van der Waals surface area contributed by atoms with E-state index in [2.05, 4.69) is 5.73 Å². The lowest BCUT2D eigenvalue weighted by atomic mass is 10.00. The van der Waals surface area contributed by atoms with Crippen LogP contribution in [0, 0.1) is 0 Å². The molecule has 0 radical (unpaired) electrons. The van der Waals surface area contributed by atoms with Gasteiger partial charge in [0.2, 0.25) is 0 Å². The van der Waals surface area contributed by atoms with Gasteiger partial charge in [-0.25, -0.2) is 0 Å². The molecule has 112 valence electrons. The van der Waals surface area contributed by atoms with Crippen LogP contribution in [0.4, 0.5) is 22.0 Å². The second-order valence-electron chi connectivity index (χ2n) is 4.31. The quantitative estimate of drug-likeness (QED) is 0.868. The van der Waals surface area contributed by atoms with Crippen molar-refractivity contribution in [2.75, 3.05) is 0 Å². The van der Waals surface area contributed by atoms with Crippen molar-refractivity contribution in [2.24, 2.45) is 5.73 Å². The summed E-state index contributed by atoms with van der Waals surface area (Å²) in [5.74, 6) is -6.79. The van der Waals surface area contributed by atoms with Crippen LogP contribution in [0.5, 0.6) is 5.75 Å². The molecule has 0 spiro atoms. The van der Waals surface area contributed by atoms with Crippen LogP contribution in [0.15, 0.2) is 18.2 Å². The zero-order valence-corrected chi connectivity index (χ0v) is 10.6. The van der Waals surface area contributed by atoms with Gasteiger partial charge >= 0.3 is 12.1 Å². The standard InChI is InChI=1S/C12H12F5NO2/c1-6(2)20-7-3-4-8(11(13,14)10(18)19)9(5-7)12(15,16)17/h3-6H,1-2H3,(H2,18,19). The van der Waals surface area contributed by atoms with Crippen LogP contribution in [0.25, 0.3) is 0 Å². The summed E-state index contributed by atoms with van der Waals surface area (Å²) >= 11 is 0. The van der Waals surface area contributed by atoms with Gasteiger partial charge in [0.25, 0.3) is 5.91 Å². The second-order valence-corrected chi connectivity index (χ2v) is 4.31. The highest BCUT2D eigenvalue weighted by molar-refractivity contribution is 5.83. The zero-order valence-electron chi connectivity index (χ0n) is 10.6. The Morgan fingerprint density at radius 3 is 2.10 bits per heavy atom. The smallest absolute Gasteiger partial charge is 0.417 e. The van der Waals surface area contributed by atoms with Gasteiger partial charge in [-0.2, -0.15) is 22.0 Å². The topological polar surface area (TPSA) is 52.3 Å². The number of ether oxygens (including phenoxy) is 1. The van der Waals surface area contributed by atoms with Crippen LogP contribution in [0.2, 0.25) is 0 Å². The Morgan fingerprint density at radius 2 is 1.70 bits per heavy atom. The minimum absolute atomic E-state index is 0.226. The number of carbonyl (C=O) groups excluding carboxylic acids is 1. The first-order valence-electron chi connectivity index (χ1n) is 5.52. The first kappa shape index (κ1) is 16.2. The normalized spacial score (nSPS) is 12.6. The number of halogens is 5. The predicted octanol–water partition coefficient (Wildman–Crippen LogP) is 3.07. The number of hydrogen-bond acceptors (Lipinski definition) is 2. The van der Waals surface area contributed by atoms with E-state index in [0.29, 0.717) is 12.1 Å². The fourth-order valence-electron chi connectivity index (χ4n) is 1.51. The van der Waals surface area contributed by atoms with E-state index in [1.54, 1.807) is 13.8 Å². The monoisotopic (exact) mass is 297 g/mol. The van der Waals surface area contributed by atoms with Crippen LogP contribution in [0.1, 0.15) is 25.0 Å². The fraction of sp³-hybridized carbons (Fsp3) is 0.417. The van der Waals surface area contributed by atoms with Crippen molar-refractivity contribution < 1.29 is 31.5 Å². The van der Waals surface area contributed by atoms with E-state index in [1.807, 2.05) is 0 Å². The van der Waals surface area contributed by atoms with Crippen LogP contribution in [-0.2, 0) is 16.9 Å². The highest BCUT2D eigenvalue weighted by Crippen LogP contribution is 2.41. The molecule has 0 aliphatic rings. The van der Waals surface area contributed by atoms with Gasteiger partial charge in [0, 0.05) is 5.56 Å². The van der Waals surface area contributed by atoms with Crippen molar-refractivity contribution in [2.45, 2.75) is 32.1 Å². The van der Waals surface area contributed by atoms with Gasteiger partial charge in [-0.3, -0.25) is 4.79 Å². The van der Waals surface area contributed by atoms with Crippen molar-refractivity contribution in [3.63, 3.8) is 0 Å². The zero-order chi connectivity index (χ0) is 15.7. The average Bonchev–Trinajstić information content (AvgIpc) is 2.26. The maximum atomic E-state index is 13.4. The fourth-order valence-corrected chi connectivity index (χ4v) is 1.51. The van der Waals surface area contributed by atoms with E-state index in [-0.39, 0.29) is 5.75 Å². The lowest BCUT2D eigenvalue weighted by Crippen LogP contribution is -2.35. The van der Waals surface area contributed by atoms with Crippen molar-refractivity contribution in [1.82, 2.24) is 0 Å². The van der Waals surface area contributed by atoms with Gasteiger partial charge in [0.15, 0.2) is 0 Å². The number of benzene rings is 1. The maximum absolute atomic E-state index is 13.4. The number of amides is 1. The summed E-state index contributed by atoms with van der Waals surface area (Å²) in [5.41, 5.74) is 1.30. The summed E-state index contributed by atoms with van der Waals surface area (Å²) in [6.07, 6.45) is -5.50. The summed E-state index contributed by atoms with van der Waals surface area (Å²) in [4.78, 5) is 10.6. The molecule has 0 aliphatic carbocycles. The molecule has 2 N–H and O–H groups in total. The number of nitrogens with two attached hydrogens (primary N) is 1. The number of rotatable bonds is 4. The Balaban J connectivity index is 3.43. The summed E-state index contributed by atoms with van der Waals surface area (Å²) in [6, 6.07) is 1.85. The van der Waals surface area contributed by atoms with Crippen molar-refractivity contribution in [3.05, 3.63) is 29.3 Å². The van der Waals surface area contributed by atoms with Gasteiger partial charge in [-0.15, -0.1) is 0 Å². The van der Waals surface area contributed by atoms with E-state index in [9.17, 15) is 26.7 Å². The molecule has 0 unspecified atom stereocenters. The molecule has 0 fully saturated rings. The third kappa shape index (κ3) is 3.37. The SMILES string of the molecule is CC(C)Oc1ccc(C(F)(F)C(N)=O)c(C(F)(F)F)c1. The first-order valence-corrected chi connectivity index (χ1v) is 5.52. The first-order chi connectivity index (χ1) is 8.96. The Hall–Kier alpha value is -1.86. The predicted molar refractivity (Wildman–Crippen MR) is 60.3 cm³/mol. The van der Waals surface area contributed by atoms with Crippen molar-refractivity contribution in [1.29, 1.82) is 0 Å². The molecule has 3 nitrogen and oxygen atoms in total. The maximum Gasteiger partial charge on any atom is 0.417 e. The second kappa shape index (κ2) is 5.26. The van der Waals surface area contributed by atoms with Gasteiger partial charge in [-0.1, -0.05) is 0 Å². The van der Waals surface area contributed by atoms with E-state index >= 15 is 0 Å². The minimum Gasteiger partial charge on any atom is -0.491 e. The molecule has 0 aliphatic heterocycles. The molecule has 1 amide bonds. The van der Waals surface area contributed by atoms with Gasteiger partial charge in [-0.05, 0) is 32.0 Å². The van der Waals surface area contributed by atoms with Gasteiger partial charge in [0.1, 0.15) is 5.75 Å².